The van der Waals surface area contributed by atoms with Gasteiger partial charge in [0.25, 0.3) is 0 Å². The lowest BCUT2D eigenvalue weighted by molar-refractivity contribution is 0.331. The van der Waals surface area contributed by atoms with Gasteiger partial charge in [-0.05, 0) is 45.4 Å². The molecule has 1 N–H and O–H groups in total. The summed E-state index contributed by atoms with van der Waals surface area (Å²) < 4.78 is 0. The molecule has 1 fully saturated rings. The van der Waals surface area contributed by atoms with Gasteiger partial charge in [-0.15, -0.1) is 11.3 Å². The van der Waals surface area contributed by atoms with Crippen LogP contribution in [0.25, 0.3) is 11.3 Å². The van der Waals surface area contributed by atoms with E-state index in [2.05, 4.69) is 39.9 Å². The summed E-state index contributed by atoms with van der Waals surface area (Å²) in [4.78, 5) is 7.27. The molecule has 3 nitrogen and oxygen atoms in total. The quantitative estimate of drug-likeness (QED) is 0.795. The molecular formula is C17H23N3S. The third-order valence-electron chi connectivity index (χ3n) is 3.92. The van der Waals surface area contributed by atoms with Gasteiger partial charge >= 0.3 is 0 Å². The van der Waals surface area contributed by atoms with Crippen LogP contribution in [0.2, 0.25) is 0 Å². The van der Waals surface area contributed by atoms with Gasteiger partial charge < -0.3 is 10.2 Å². The number of hydrogen-bond acceptors (Lipinski definition) is 4. The Morgan fingerprint density at radius 3 is 2.76 bits per heavy atom. The molecule has 0 spiro atoms. The van der Waals surface area contributed by atoms with Crippen LogP contribution in [0, 0.1) is 0 Å². The monoisotopic (exact) mass is 301 g/mol. The summed E-state index contributed by atoms with van der Waals surface area (Å²) in [6.45, 7) is 5.80. The van der Waals surface area contributed by atoms with Gasteiger partial charge in [-0.3, -0.25) is 0 Å². The number of thiazole rings is 1. The van der Waals surface area contributed by atoms with Crippen molar-refractivity contribution in [2.45, 2.75) is 25.8 Å². The van der Waals surface area contributed by atoms with E-state index in [-0.39, 0.29) is 0 Å². The molecule has 0 bridgehead atoms. The fraction of sp³-hybridized carbons (Fsp3) is 0.471. The predicted octanol–water partition coefficient (Wildman–Crippen LogP) is 3.39. The first-order valence-corrected chi connectivity index (χ1v) is 8.73. The van der Waals surface area contributed by atoms with E-state index in [1.807, 2.05) is 6.07 Å². The van der Waals surface area contributed by atoms with Gasteiger partial charge in [-0.25, -0.2) is 4.98 Å². The zero-order valence-corrected chi connectivity index (χ0v) is 13.2. The van der Waals surface area contributed by atoms with E-state index in [1.165, 1.54) is 49.5 Å². The maximum absolute atomic E-state index is 4.70. The Morgan fingerprint density at radius 1 is 1.14 bits per heavy atom. The van der Waals surface area contributed by atoms with Crippen LogP contribution in [-0.2, 0) is 6.54 Å². The highest BCUT2D eigenvalue weighted by Gasteiger charge is 2.10. The number of rotatable bonds is 7. The first-order chi connectivity index (χ1) is 10.4. The van der Waals surface area contributed by atoms with Crippen LogP contribution >= 0.6 is 11.3 Å². The maximum Gasteiger partial charge on any atom is 0.107 e. The summed E-state index contributed by atoms with van der Waals surface area (Å²) in [5.41, 5.74) is 2.29. The fourth-order valence-electron chi connectivity index (χ4n) is 2.76. The van der Waals surface area contributed by atoms with Gasteiger partial charge in [0.15, 0.2) is 0 Å². The fourth-order valence-corrected chi connectivity index (χ4v) is 3.54. The molecule has 4 heteroatoms. The lowest BCUT2D eigenvalue weighted by atomic mass is 10.2. The molecule has 0 unspecified atom stereocenters. The minimum Gasteiger partial charge on any atom is -0.310 e. The van der Waals surface area contributed by atoms with E-state index in [9.17, 15) is 0 Å². The van der Waals surface area contributed by atoms with Crippen LogP contribution in [0.1, 0.15) is 24.3 Å². The average Bonchev–Trinajstić information content (AvgIpc) is 3.19. The SMILES string of the molecule is c1ccc(-c2csc(CNCCCN3CCCC3)n2)cc1. The molecule has 1 aliphatic heterocycles. The Hall–Kier alpha value is -1.23. The smallest absolute Gasteiger partial charge is 0.107 e. The van der Waals surface area contributed by atoms with Gasteiger partial charge in [0, 0.05) is 17.5 Å². The van der Waals surface area contributed by atoms with Crippen LogP contribution in [0.4, 0.5) is 0 Å². The van der Waals surface area contributed by atoms with Crippen molar-refractivity contribution < 1.29 is 0 Å². The second kappa shape index (κ2) is 7.69. The topological polar surface area (TPSA) is 28.2 Å². The van der Waals surface area contributed by atoms with Crippen LogP contribution in [0.3, 0.4) is 0 Å². The lowest BCUT2D eigenvalue weighted by Gasteiger charge is -2.13. The molecule has 1 aliphatic rings. The van der Waals surface area contributed by atoms with E-state index in [0.717, 1.165) is 18.8 Å². The van der Waals surface area contributed by atoms with Gasteiger partial charge in [-0.1, -0.05) is 30.3 Å². The van der Waals surface area contributed by atoms with E-state index in [0.29, 0.717) is 0 Å². The molecule has 2 aromatic rings. The molecule has 112 valence electrons. The number of aromatic nitrogens is 1. The van der Waals surface area contributed by atoms with Gasteiger partial charge in [0.05, 0.1) is 5.69 Å². The van der Waals surface area contributed by atoms with Gasteiger partial charge in [0.1, 0.15) is 5.01 Å². The zero-order chi connectivity index (χ0) is 14.3. The second-order valence-corrected chi connectivity index (χ2v) is 6.51. The molecule has 1 aromatic carbocycles. The van der Waals surface area contributed by atoms with Crippen molar-refractivity contribution in [3.63, 3.8) is 0 Å². The van der Waals surface area contributed by atoms with Crippen LogP contribution in [-0.4, -0.2) is 36.1 Å². The van der Waals surface area contributed by atoms with Crippen molar-refractivity contribution in [1.29, 1.82) is 0 Å². The average molecular weight is 301 g/mol. The maximum atomic E-state index is 4.70. The number of benzene rings is 1. The molecule has 1 aromatic heterocycles. The van der Waals surface area contributed by atoms with Crippen molar-refractivity contribution in [1.82, 2.24) is 15.2 Å². The van der Waals surface area contributed by atoms with Crippen molar-refractivity contribution in [3.05, 3.63) is 40.7 Å². The van der Waals surface area contributed by atoms with Crippen molar-refractivity contribution in [2.24, 2.45) is 0 Å². The first kappa shape index (κ1) is 14.7. The summed E-state index contributed by atoms with van der Waals surface area (Å²) >= 11 is 1.74. The molecule has 0 atom stereocenters. The van der Waals surface area contributed by atoms with Crippen LogP contribution in [0.5, 0.6) is 0 Å². The molecule has 1 saturated heterocycles. The second-order valence-electron chi connectivity index (χ2n) is 5.57. The summed E-state index contributed by atoms with van der Waals surface area (Å²) in [6, 6.07) is 10.4. The summed E-state index contributed by atoms with van der Waals surface area (Å²) in [5, 5.41) is 6.84. The lowest BCUT2D eigenvalue weighted by Crippen LogP contribution is -2.24. The van der Waals surface area contributed by atoms with Crippen LogP contribution in [0.15, 0.2) is 35.7 Å². The van der Waals surface area contributed by atoms with Crippen LogP contribution < -0.4 is 5.32 Å². The van der Waals surface area contributed by atoms with Gasteiger partial charge in [-0.2, -0.15) is 0 Å². The minimum atomic E-state index is 0.886. The summed E-state index contributed by atoms with van der Waals surface area (Å²) in [7, 11) is 0. The molecule has 2 heterocycles. The molecule has 0 saturated carbocycles. The predicted molar refractivity (Wildman–Crippen MR) is 89.5 cm³/mol. The largest absolute Gasteiger partial charge is 0.310 e. The Balaban J connectivity index is 1.39. The van der Waals surface area contributed by atoms with Crippen molar-refractivity contribution in [2.75, 3.05) is 26.2 Å². The van der Waals surface area contributed by atoms with E-state index >= 15 is 0 Å². The highest BCUT2D eigenvalue weighted by atomic mass is 32.1. The molecular weight excluding hydrogens is 278 g/mol. The molecule has 0 radical (unpaired) electrons. The molecule has 21 heavy (non-hydrogen) atoms. The third kappa shape index (κ3) is 4.37. The Morgan fingerprint density at radius 2 is 1.95 bits per heavy atom. The zero-order valence-electron chi connectivity index (χ0n) is 12.4. The molecule has 3 rings (SSSR count). The minimum absolute atomic E-state index is 0.886. The van der Waals surface area contributed by atoms with Crippen molar-refractivity contribution in [3.8, 4) is 11.3 Å². The van der Waals surface area contributed by atoms with Crippen molar-refractivity contribution >= 4 is 11.3 Å². The number of nitrogens with zero attached hydrogens (tertiary/aromatic N) is 2. The highest BCUT2D eigenvalue weighted by molar-refractivity contribution is 7.09. The number of hydrogen-bond donors (Lipinski definition) is 1. The highest BCUT2D eigenvalue weighted by Crippen LogP contribution is 2.21. The van der Waals surface area contributed by atoms with E-state index < -0.39 is 0 Å². The molecule has 0 amide bonds. The number of nitrogens with one attached hydrogen (secondary N) is 1. The third-order valence-corrected chi connectivity index (χ3v) is 4.77. The van der Waals surface area contributed by atoms with Gasteiger partial charge in [0.2, 0.25) is 0 Å². The molecule has 0 aliphatic carbocycles. The normalized spacial score (nSPS) is 15.6. The summed E-state index contributed by atoms with van der Waals surface area (Å²) in [5.74, 6) is 0. The Labute approximate surface area is 131 Å². The first-order valence-electron chi connectivity index (χ1n) is 7.85. The van der Waals surface area contributed by atoms with E-state index in [4.69, 9.17) is 4.98 Å². The Bertz CT molecular complexity index is 532. The van der Waals surface area contributed by atoms with E-state index in [1.54, 1.807) is 11.3 Å². The number of likely N-dealkylation sites (tertiary alicyclic amines) is 1. The summed E-state index contributed by atoms with van der Waals surface area (Å²) in [6.07, 6.45) is 4.00. The Kier molecular flexibility index (Phi) is 5.38. The standard InChI is InChI=1S/C17H23N3S/c1-2-7-15(8-3-1)16-14-21-17(19-16)13-18-9-6-12-20-10-4-5-11-20/h1-3,7-8,14,18H,4-6,9-13H2.